The number of ketones is 1. The lowest BCUT2D eigenvalue weighted by molar-refractivity contribution is 0.0956. The van der Waals surface area contributed by atoms with Crippen LogP contribution in [0.5, 0.6) is 0 Å². The van der Waals surface area contributed by atoms with E-state index >= 15 is 0 Å². The van der Waals surface area contributed by atoms with Crippen molar-refractivity contribution in [2.75, 3.05) is 0 Å². The predicted octanol–water partition coefficient (Wildman–Crippen LogP) is 5.09. The summed E-state index contributed by atoms with van der Waals surface area (Å²) in [6.07, 6.45) is 5.31. The van der Waals surface area contributed by atoms with Crippen molar-refractivity contribution in [2.24, 2.45) is 5.92 Å². The number of hydrogen-bond acceptors (Lipinski definition) is 3. The largest absolute Gasteiger partial charge is 0.294 e. The van der Waals surface area contributed by atoms with Gasteiger partial charge in [0.25, 0.3) is 0 Å². The number of Topliss-reactive ketones (excluding diaryl/α,β-unsaturated/α-hetero) is 1. The van der Waals surface area contributed by atoms with Crippen molar-refractivity contribution in [1.29, 1.82) is 0 Å². The van der Waals surface area contributed by atoms with Crippen molar-refractivity contribution in [2.45, 2.75) is 46.0 Å². The van der Waals surface area contributed by atoms with Gasteiger partial charge in [-0.25, -0.2) is 4.98 Å². The molecule has 0 unspecified atom stereocenters. The fraction of sp³-hybridized carbons (Fsp3) is 0.500. The molecule has 0 N–H and O–H groups in total. The maximum atomic E-state index is 12.4. The Bertz CT molecular complexity index is 540. The summed E-state index contributed by atoms with van der Waals surface area (Å²) in [4.78, 5) is 16.6. The second-order valence-electron chi connectivity index (χ2n) is 5.11. The maximum Gasteiger partial charge on any atom is 0.163 e. The second-order valence-corrected chi connectivity index (χ2v) is 5.99. The average Bonchev–Trinajstić information content (AvgIpc) is 2.86. The molecule has 2 aromatic rings. The Morgan fingerprint density at radius 3 is 2.68 bits per heavy atom. The van der Waals surface area contributed by atoms with Crippen molar-refractivity contribution < 1.29 is 4.79 Å². The molecule has 1 aromatic carbocycles. The summed E-state index contributed by atoms with van der Waals surface area (Å²) in [6.45, 7) is 4.38. The first kappa shape index (κ1) is 14.2. The van der Waals surface area contributed by atoms with E-state index in [1.807, 2.05) is 23.7 Å². The smallest absolute Gasteiger partial charge is 0.163 e. The zero-order valence-corrected chi connectivity index (χ0v) is 12.5. The number of carbonyl (C=O) groups excluding carboxylic acids is 1. The van der Waals surface area contributed by atoms with E-state index in [0.717, 1.165) is 41.5 Å². The van der Waals surface area contributed by atoms with Gasteiger partial charge in [0.2, 0.25) is 0 Å². The highest BCUT2D eigenvalue weighted by atomic mass is 32.1. The molecule has 2 nitrogen and oxygen atoms in total. The van der Waals surface area contributed by atoms with Crippen molar-refractivity contribution >= 4 is 27.3 Å². The number of aromatic nitrogens is 1. The SMILES string of the molecule is CCCC(CCC)CC(=O)c1ccc2ncsc2c1. The minimum absolute atomic E-state index is 0.280. The Morgan fingerprint density at radius 2 is 2.00 bits per heavy atom. The van der Waals surface area contributed by atoms with Crippen molar-refractivity contribution in [3.05, 3.63) is 29.3 Å². The molecule has 0 saturated heterocycles. The molecule has 1 aromatic heterocycles. The molecule has 0 atom stereocenters. The summed E-state index contributed by atoms with van der Waals surface area (Å²) in [7, 11) is 0. The van der Waals surface area contributed by atoms with Gasteiger partial charge >= 0.3 is 0 Å². The van der Waals surface area contributed by atoms with E-state index in [1.165, 1.54) is 0 Å². The van der Waals surface area contributed by atoms with E-state index < -0.39 is 0 Å². The summed E-state index contributed by atoms with van der Waals surface area (Å²) in [6, 6.07) is 5.86. The molecular formula is C16H21NOS. The Hall–Kier alpha value is -1.22. The predicted molar refractivity (Wildman–Crippen MR) is 81.9 cm³/mol. The van der Waals surface area contributed by atoms with Gasteiger partial charge in [0.05, 0.1) is 15.7 Å². The van der Waals surface area contributed by atoms with E-state index in [1.54, 1.807) is 11.3 Å². The minimum Gasteiger partial charge on any atom is -0.294 e. The van der Waals surface area contributed by atoms with Gasteiger partial charge in [-0.15, -0.1) is 11.3 Å². The van der Waals surface area contributed by atoms with Crippen molar-refractivity contribution in [3.63, 3.8) is 0 Å². The molecule has 1 heterocycles. The lowest BCUT2D eigenvalue weighted by Crippen LogP contribution is -2.08. The third-order valence-electron chi connectivity index (χ3n) is 3.52. The third-order valence-corrected chi connectivity index (χ3v) is 4.31. The van der Waals surface area contributed by atoms with Crippen molar-refractivity contribution in [1.82, 2.24) is 4.98 Å². The molecule has 0 amide bonds. The lowest BCUT2D eigenvalue weighted by Gasteiger charge is -2.14. The number of nitrogens with zero attached hydrogens (tertiary/aromatic N) is 1. The van der Waals surface area contributed by atoms with Crippen LogP contribution in [0.4, 0.5) is 0 Å². The molecule has 0 aliphatic carbocycles. The zero-order valence-electron chi connectivity index (χ0n) is 11.7. The summed E-state index contributed by atoms with van der Waals surface area (Å²) >= 11 is 1.59. The molecule has 0 spiro atoms. The molecule has 3 heteroatoms. The molecule has 102 valence electrons. The van der Waals surface area contributed by atoms with Gasteiger partial charge in [0, 0.05) is 12.0 Å². The Morgan fingerprint density at radius 1 is 1.26 bits per heavy atom. The van der Waals surface area contributed by atoms with Gasteiger partial charge in [-0.05, 0) is 24.1 Å². The Kier molecular flexibility index (Phi) is 5.08. The average molecular weight is 275 g/mol. The first-order chi connectivity index (χ1) is 9.24. The topological polar surface area (TPSA) is 30.0 Å². The summed E-state index contributed by atoms with van der Waals surface area (Å²) < 4.78 is 1.10. The third kappa shape index (κ3) is 3.63. The molecule has 2 rings (SSSR count). The van der Waals surface area contributed by atoms with Crippen LogP contribution in [0.3, 0.4) is 0 Å². The number of benzene rings is 1. The van der Waals surface area contributed by atoms with Gasteiger partial charge in [-0.2, -0.15) is 0 Å². The first-order valence-corrected chi connectivity index (χ1v) is 7.99. The summed E-state index contributed by atoms with van der Waals surface area (Å²) in [5.41, 5.74) is 3.66. The highest BCUT2D eigenvalue weighted by molar-refractivity contribution is 7.16. The van der Waals surface area contributed by atoms with Crippen LogP contribution in [0.25, 0.3) is 10.2 Å². The number of hydrogen-bond donors (Lipinski definition) is 0. The van der Waals surface area contributed by atoms with E-state index in [4.69, 9.17) is 0 Å². The van der Waals surface area contributed by atoms with E-state index in [0.29, 0.717) is 12.3 Å². The highest BCUT2D eigenvalue weighted by Gasteiger charge is 2.14. The van der Waals surface area contributed by atoms with Crippen LogP contribution in [-0.4, -0.2) is 10.8 Å². The molecule has 0 aliphatic heterocycles. The minimum atomic E-state index is 0.280. The first-order valence-electron chi connectivity index (χ1n) is 7.11. The molecular weight excluding hydrogens is 254 g/mol. The molecule has 0 bridgehead atoms. The molecule has 0 fully saturated rings. The maximum absolute atomic E-state index is 12.4. The quantitative estimate of drug-likeness (QED) is 0.659. The lowest BCUT2D eigenvalue weighted by atomic mass is 9.91. The summed E-state index contributed by atoms with van der Waals surface area (Å²) in [5.74, 6) is 0.821. The van der Waals surface area contributed by atoms with Crippen LogP contribution in [0, 0.1) is 5.92 Å². The number of carbonyl (C=O) groups is 1. The Balaban J connectivity index is 2.09. The van der Waals surface area contributed by atoms with E-state index in [2.05, 4.69) is 18.8 Å². The molecule has 0 radical (unpaired) electrons. The van der Waals surface area contributed by atoms with Gasteiger partial charge in [0.1, 0.15) is 0 Å². The molecule has 0 saturated carbocycles. The molecule has 0 aliphatic rings. The van der Waals surface area contributed by atoms with Crippen LogP contribution in [0.15, 0.2) is 23.7 Å². The number of thiazole rings is 1. The van der Waals surface area contributed by atoms with Crippen LogP contribution in [-0.2, 0) is 0 Å². The van der Waals surface area contributed by atoms with Crippen LogP contribution >= 0.6 is 11.3 Å². The van der Waals surface area contributed by atoms with Crippen molar-refractivity contribution in [3.8, 4) is 0 Å². The monoisotopic (exact) mass is 275 g/mol. The second kappa shape index (κ2) is 6.80. The van der Waals surface area contributed by atoms with Crippen LogP contribution < -0.4 is 0 Å². The van der Waals surface area contributed by atoms with E-state index in [9.17, 15) is 4.79 Å². The zero-order chi connectivity index (χ0) is 13.7. The van der Waals surface area contributed by atoms with Gasteiger partial charge in [-0.3, -0.25) is 4.79 Å². The van der Waals surface area contributed by atoms with Crippen LogP contribution in [0.1, 0.15) is 56.3 Å². The standard InChI is InChI=1S/C16H21NOS/c1-3-5-12(6-4-2)9-15(18)13-7-8-14-16(10-13)19-11-17-14/h7-8,10-12H,3-6,9H2,1-2H3. The Labute approximate surface area is 118 Å². The van der Waals surface area contributed by atoms with Gasteiger partial charge in [0.15, 0.2) is 5.78 Å². The fourth-order valence-electron chi connectivity index (χ4n) is 2.57. The van der Waals surface area contributed by atoms with E-state index in [-0.39, 0.29) is 5.78 Å². The highest BCUT2D eigenvalue weighted by Crippen LogP contribution is 2.23. The van der Waals surface area contributed by atoms with Crippen LogP contribution in [0.2, 0.25) is 0 Å². The fourth-order valence-corrected chi connectivity index (χ4v) is 3.29. The molecule has 19 heavy (non-hydrogen) atoms. The number of rotatable bonds is 7. The summed E-state index contributed by atoms with van der Waals surface area (Å²) in [5, 5.41) is 0. The number of fused-ring (bicyclic) bond motifs is 1. The van der Waals surface area contributed by atoms with Gasteiger partial charge in [-0.1, -0.05) is 39.5 Å². The normalized spacial score (nSPS) is 11.3. The van der Waals surface area contributed by atoms with Gasteiger partial charge < -0.3 is 0 Å².